The second kappa shape index (κ2) is 7.62. The molecule has 1 aliphatic rings. The average Bonchev–Trinajstić information content (AvgIpc) is 2.99. The molecule has 0 saturated carbocycles. The maximum atomic E-state index is 13.2. The fraction of sp³-hybridized carbons (Fsp3) is 0.444. The summed E-state index contributed by atoms with van der Waals surface area (Å²) in [6.07, 6.45) is -4.87. The van der Waals surface area contributed by atoms with Crippen molar-refractivity contribution in [1.82, 2.24) is 9.78 Å². The van der Waals surface area contributed by atoms with Gasteiger partial charge in [-0.1, -0.05) is 0 Å². The number of amides is 1. The van der Waals surface area contributed by atoms with E-state index in [2.05, 4.69) is 15.2 Å². The number of ether oxygens (including phenoxy) is 2. The number of nitrogens with one attached hydrogen (secondary N) is 1. The Hall–Kier alpha value is -2.96. The first-order valence-electron chi connectivity index (χ1n) is 9.09. The molecule has 2 aromatic rings. The molecule has 0 radical (unpaired) electrons. The van der Waals surface area contributed by atoms with Gasteiger partial charge >= 0.3 is 12.3 Å². The number of aryl methyl sites for hydroxylation is 1. The molecule has 1 N–H and O–H groups in total. The first kappa shape index (κ1) is 22.7. The van der Waals surface area contributed by atoms with Gasteiger partial charge in [0.05, 0.1) is 24.1 Å². The molecule has 1 aliphatic heterocycles. The van der Waals surface area contributed by atoms with E-state index in [0.717, 1.165) is 18.2 Å². The van der Waals surface area contributed by atoms with E-state index in [9.17, 15) is 26.4 Å². The van der Waals surface area contributed by atoms with Gasteiger partial charge in [0.1, 0.15) is 17.3 Å². The van der Waals surface area contributed by atoms with E-state index in [-0.39, 0.29) is 35.2 Å². The van der Waals surface area contributed by atoms with E-state index < -0.39 is 27.9 Å². The number of alkyl halides is 3. The van der Waals surface area contributed by atoms with Gasteiger partial charge in [0.2, 0.25) is 5.60 Å². The van der Waals surface area contributed by atoms with Crippen molar-refractivity contribution in [2.45, 2.75) is 37.4 Å². The number of benzene rings is 1. The van der Waals surface area contributed by atoms with Crippen LogP contribution in [0.2, 0.25) is 0 Å². The van der Waals surface area contributed by atoms with Gasteiger partial charge in [0.15, 0.2) is 0 Å². The minimum absolute atomic E-state index is 0.00132. The minimum Gasteiger partial charge on any atom is -0.489 e. The first-order valence-corrected chi connectivity index (χ1v) is 10.5. The third-order valence-corrected chi connectivity index (χ3v) is 6.73. The van der Waals surface area contributed by atoms with Gasteiger partial charge in [-0.2, -0.15) is 18.3 Å². The van der Waals surface area contributed by atoms with Crippen LogP contribution < -0.4 is 14.4 Å². The molecule has 0 fully saturated rings. The van der Waals surface area contributed by atoms with Crippen LogP contribution in [-0.2, 0) is 21.8 Å². The monoisotopic (exact) mass is 462 g/mol. The zero-order valence-corrected chi connectivity index (χ0v) is 18.0. The lowest BCUT2D eigenvalue weighted by atomic mass is 10.1. The Labute approximate surface area is 176 Å². The summed E-state index contributed by atoms with van der Waals surface area (Å²) in [5.74, 6) is 0.242. The van der Waals surface area contributed by atoms with Crippen LogP contribution >= 0.6 is 0 Å². The molecule has 0 aliphatic carbocycles. The van der Waals surface area contributed by atoms with Crippen LogP contribution in [0.4, 0.5) is 29.3 Å². The molecule has 31 heavy (non-hydrogen) atoms. The highest BCUT2D eigenvalue weighted by Crippen LogP contribution is 2.38. The summed E-state index contributed by atoms with van der Waals surface area (Å²) < 4.78 is 77.7. The molecule has 1 aromatic carbocycles. The summed E-state index contributed by atoms with van der Waals surface area (Å²) in [6, 6.07) is 4.07. The van der Waals surface area contributed by atoms with Gasteiger partial charge < -0.3 is 9.47 Å². The molecule has 0 atom stereocenters. The highest BCUT2D eigenvalue weighted by atomic mass is 32.2. The van der Waals surface area contributed by atoms with Crippen LogP contribution in [0.25, 0.3) is 0 Å². The van der Waals surface area contributed by atoms with Crippen molar-refractivity contribution in [2.75, 3.05) is 22.8 Å². The number of rotatable bonds is 4. The maximum absolute atomic E-state index is 13.2. The maximum Gasteiger partial charge on any atom is 0.427 e. The first-order chi connectivity index (χ1) is 14.2. The Morgan fingerprint density at radius 3 is 2.55 bits per heavy atom. The van der Waals surface area contributed by atoms with Gasteiger partial charge in [-0.3, -0.25) is 14.3 Å². The van der Waals surface area contributed by atoms with Gasteiger partial charge in [0, 0.05) is 12.7 Å². The number of carbonyl (C=O) groups excluding carboxylic acids is 1. The van der Waals surface area contributed by atoms with E-state index in [4.69, 9.17) is 4.74 Å². The number of anilines is 2. The van der Waals surface area contributed by atoms with Crippen molar-refractivity contribution < 1.29 is 35.9 Å². The topological polar surface area (TPSA) is 103 Å². The third kappa shape index (κ3) is 4.27. The highest BCUT2D eigenvalue weighted by Gasteiger charge is 2.51. The van der Waals surface area contributed by atoms with Gasteiger partial charge in [-0.05, 0) is 39.0 Å². The quantitative estimate of drug-likeness (QED) is 0.749. The standard InChI is InChI=1S/C18H21F3N4O5S/c1-11-15(10-22-24(11)4)31(27,28)25-7-8-29-14-6-5-12(9-13(14)25)23-16(26)30-17(2,3)18(19,20)21/h5-6,9-10H,7-8H2,1-4H3,(H,23,26). The molecule has 0 saturated heterocycles. The molecule has 0 unspecified atom stereocenters. The predicted octanol–water partition coefficient (Wildman–Crippen LogP) is 3.21. The van der Waals surface area contributed by atoms with Crippen molar-refractivity contribution in [1.29, 1.82) is 0 Å². The third-order valence-electron chi connectivity index (χ3n) is 4.81. The number of hydrogen-bond donors (Lipinski definition) is 1. The zero-order chi connectivity index (χ0) is 23.2. The lowest BCUT2D eigenvalue weighted by Crippen LogP contribution is -2.44. The molecule has 13 heteroatoms. The molecule has 2 heterocycles. The van der Waals surface area contributed by atoms with Crippen molar-refractivity contribution in [2.24, 2.45) is 7.05 Å². The normalized spacial score (nSPS) is 14.6. The Kier molecular flexibility index (Phi) is 5.59. The molecule has 3 rings (SSSR count). The molecule has 0 spiro atoms. The number of hydrogen-bond acceptors (Lipinski definition) is 6. The van der Waals surface area contributed by atoms with Crippen molar-refractivity contribution in [3.63, 3.8) is 0 Å². The summed E-state index contributed by atoms with van der Waals surface area (Å²) in [6.45, 7) is 3.14. The molecular weight excluding hydrogens is 441 g/mol. The van der Waals surface area contributed by atoms with E-state index in [0.29, 0.717) is 5.69 Å². The van der Waals surface area contributed by atoms with E-state index >= 15 is 0 Å². The van der Waals surface area contributed by atoms with Crippen LogP contribution in [0.5, 0.6) is 5.75 Å². The number of aromatic nitrogens is 2. The van der Waals surface area contributed by atoms with E-state index in [1.165, 1.54) is 29.1 Å². The zero-order valence-electron chi connectivity index (χ0n) is 17.1. The molecule has 1 amide bonds. The molecule has 1 aromatic heterocycles. The summed E-state index contributed by atoms with van der Waals surface area (Å²) in [7, 11) is -2.39. The summed E-state index contributed by atoms with van der Waals surface area (Å²) in [5, 5.41) is 6.15. The Bertz CT molecular complexity index is 1110. The number of carbonyl (C=O) groups is 1. The van der Waals surface area contributed by atoms with Crippen molar-refractivity contribution >= 4 is 27.5 Å². The Balaban J connectivity index is 1.90. The van der Waals surface area contributed by atoms with Crippen molar-refractivity contribution in [3.8, 4) is 5.75 Å². The fourth-order valence-electron chi connectivity index (χ4n) is 2.80. The second-order valence-electron chi connectivity index (χ2n) is 7.35. The Morgan fingerprint density at radius 2 is 1.97 bits per heavy atom. The largest absolute Gasteiger partial charge is 0.489 e. The summed E-state index contributed by atoms with van der Waals surface area (Å²) in [4.78, 5) is 12.0. The minimum atomic E-state index is -4.76. The lowest BCUT2D eigenvalue weighted by Gasteiger charge is -2.31. The molecular formula is C18H21F3N4O5S. The Morgan fingerprint density at radius 1 is 1.29 bits per heavy atom. The van der Waals surface area contributed by atoms with Gasteiger partial charge in [-0.15, -0.1) is 0 Å². The van der Waals surface area contributed by atoms with Crippen LogP contribution in [0.3, 0.4) is 0 Å². The summed E-state index contributed by atoms with van der Waals surface area (Å²) >= 11 is 0. The molecule has 170 valence electrons. The van der Waals surface area contributed by atoms with Gasteiger partial charge in [0.25, 0.3) is 10.0 Å². The number of halogens is 3. The van der Waals surface area contributed by atoms with Gasteiger partial charge in [-0.25, -0.2) is 13.2 Å². The molecule has 9 nitrogen and oxygen atoms in total. The predicted molar refractivity (Wildman–Crippen MR) is 105 cm³/mol. The van der Waals surface area contributed by atoms with E-state index in [1.807, 2.05) is 0 Å². The smallest absolute Gasteiger partial charge is 0.427 e. The van der Waals surface area contributed by atoms with Crippen molar-refractivity contribution in [3.05, 3.63) is 30.1 Å². The lowest BCUT2D eigenvalue weighted by molar-refractivity contribution is -0.242. The second-order valence-corrected chi connectivity index (χ2v) is 9.18. The average molecular weight is 462 g/mol. The number of sulfonamides is 1. The summed E-state index contributed by atoms with van der Waals surface area (Å²) in [5.41, 5.74) is -2.11. The number of nitrogens with zero attached hydrogens (tertiary/aromatic N) is 3. The van der Waals surface area contributed by atoms with E-state index in [1.54, 1.807) is 14.0 Å². The van der Waals surface area contributed by atoms with Crippen LogP contribution in [-0.4, -0.2) is 49.2 Å². The van der Waals surface area contributed by atoms with Crippen LogP contribution in [0, 0.1) is 6.92 Å². The highest BCUT2D eigenvalue weighted by molar-refractivity contribution is 7.92. The van der Waals surface area contributed by atoms with Crippen LogP contribution in [0.15, 0.2) is 29.3 Å². The SMILES string of the molecule is Cc1c(S(=O)(=O)N2CCOc3ccc(NC(=O)OC(C)(C)C(F)(F)F)cc32)cnn1C. The number of fused-ring (bicyclic) bond motifs is 1. The molecule has 0 bridgehead atoms. The fourth-order valence-corrected chi connectivity index (χ4v) is 4.44. The van der Waals surface area contributed by atoms with Crippen LogP contribution in [0.1, 0.15) is 19.5 Å².